The molecule has 10 heavy (non-hydrogen) atoms. The largest absolute Gasteiger partial charge is 0.445 e. The Kier molecular flexibility index (Phi) is 3.95. The van der Waals surface area contributed by atoms with Crippen LogP contribution in [0.3, 0.4) is 0 Å². The lowest BCUT2D eigenvalue weighted by molar-refractivity contribution is -0.116. The van der Waals surface area contributed by atoms with Crippen LogP contribution in [-0.2, 0) is 9.53 Å². The maximum Gasteiger partial charge on any atom is 0.414 e. The summed E-state index contributed by atoms with van der Waals surface area (Å²) in [4.78, 5) is 20.4. The van der Waals surface area contributed by atoms with Crippen molar-refractivity contribution in [3.05, 3.63) is 19.6 Å². The molecule has 0 aliphatic carbocycles. The minimum absolute atomic E-state index is 0.0825. The van der Waals surface area contributed by atoms with Gasteiger partial charge in [-0.15, -0.1) is 0 Å². The number of amides is 2. The number of alkyl carbamates (subject to hydrolysis) is 1. The van der Waals surface area contributed by atoms with Crippen LogP contribution in [0.15, 0.2) is 12.7 Å². The molecule has 2 amide bonds. The zero-order valence-corrected chi connectivity index (χ0v) is 5.42. The van der Waals surface area contributed by atoms with Crippen molar-refractivity contribution in [1.29, 1.82) is 0 Å². The maximum atomic E-state index is 10.4. The first-order chi connectivity index (χ1) is 4.66. The number of hydrogen-bond donors (Lipinski definition) is 1. The van der Waals surface area contributed by atoms with E-state index in [4.69, 9.17) is 0 Å². The molecule has 55 valence electrons. The third-order valence-electron chi connectivity index (χ3n) is 0.574. The van der Waals surface area contributed by atoms with E-state index in [1.165, 1.54) is 6.08 Å². The van der Waals surface area contributed by atoms with Crippen LogP contribution in [0.2, 0.25) is 0 Å². The molecule has 0 aromatic heterocycles. The molecule has 0 heterocycles. The predicted molar refractivity (Wildman–Crippen MR) is 35.0 cm³/mol. The Labute approximate surface area is 58.9 Å². The smallest absolute Gasteiger partial charge is 0.414 e. The Morgan fingerprint density at radius 1 is 1.60 bits per heavy atom. The second-order valence-electron chi connectivity index (χ2n) is 1.44. The normalized spacial score (nSPS) is 8.10. The van der Waals surface area contributed by atoms with Gasteiger partial charge in [-0.3, -0.25) is 10.1 Å². The fourth-order valence-electron chi connectivity index (χ4n) is 0.285. The van der Waals surface area contributed by atoms with E-state index in [0.29, 0.717) is 0 Å². The highest BCUT2D eigenvalue weighted by atomic mass is 16.5. The molecule has 0 saturated heterocycles. The van der Waals surface area contributed by atoms with Gasteiger partial charge in [0.1, 0.15) is 6.61 Å². The van der Waals surface area contributed by atoms with E-state index < -0.39 is 12.0 Å². The van der Waals surface area contributed by atoms with Gasteiger partial charge in [-0.25, -0.2) is 4.79 Å². The zero-order valence-electron chi connectivity index (χ0n) is 5.42. The van der Waals surface area contributed by atoms with E-state index in [2.05, 4.69) is 18.2 Å². The molecule has 4 nitrogen and oxygen atoms in total. The Bertz CT molecular complexity index is 153. The summed E-state index contributed by atoms with van der Waals surface area (Å²) in [6, 6.07) is 0. The summed E-state index contributed by atoms with van der Waals surface area (Å²) in [5, 5.41) is 1.82. The van der Waals surface area contributed by atoms with Gasteiger partial charge in [0.15, 0.2) is 0 Å². The minimum Gasteiger partial charge on any atom is -0.445 e. The second-order valence-corrected chi connectivity index (χ2v) is 1.44. The molecular weight excluding hydrogens is 134 g/mol. The van der Waals surface area contributed by atoms with E-state index >= 15 is 0 Å². The van der Waals surface area contributed by atoms with E-state index in [-0.39, 0.29) is 6.61 Å². The van der Waals surface area contributed by atoms with Crippen LogP contribution in [0.1, 0.15) is 0 Å². The highest BCUT2D eigenvalue weighted by molar-refractivity contribution is 5.94. The topological polar surface area (TPSA) is 55.4 Å². The van der Waals surface area contributed by atoms with Crippen LogP contribution < -0.4 is 5.32 Å². The molecule has 4 heteroatoms. The van der Waals surface area contributed by atoms with Gasteiger partial charge in [0.05, 0.1) is 0 Å². The number of imide groups is 1. The molecule has 0 aromatic carbocycles. The fourth-order valence-corrected chi connectivity index (χ4v) is 0.285. The molecule has 0 aromatic rings. The summed E-state index contributed by atoms with van der Waals surface area (Å²) in [5.74, 6) is -0.686. The zero-order chi connectivity index (χ0) is 7.98. The van der Waals surface area contributed by atoms with Crippen molar-refractivity contribution >= 4 is 12.0 Å². The van der Waals surface area contributed by atoms with Crippen LogP contribution in [0.25, 0.3) is 0 Å². The van der Waals surface area contributed by atoms with Crippen LogP contribution >= 0.6 is 0 Å². The van der Waals surface area contributed by atoms with Gasteiger partial charge in [-0.05, 0) is 0 Å². The van der Waals surface area contributed by atoms with E-state index in [1.807, 2.05) is 5.32 Å². The van der Waals surface area contributed by atoms with Gasteiger partial charge in [-0.1, -0.05) is 12.7 Å². The van der Waals surface area contributed by atoms with Gasteiger partial charge in [-0.2, -0.15) is 0 Å². The number of hydrogen-bond acceptors (Lipinski definition) is 3. The number of ether oxygens (including phenoxy) is 1. The Hall–Kier alpha value is -1.32. The lowest BCUT2D eigenvalue weighted by Crippen LogP contribution is -2.28. The van der Waals surface area contributed by atoms with Crippen molar-refractivity contribution in [3.8, 4) is 0 Å². The lowest BCUT2D eigenvalue weighted by Gasteiger charge is -1.99. The first-order valence-electron chi connectivity index (χ1n) is 2.57. The van der Waals surface area contributed by atoms with Crippen molar-refractivity contribution in [2.45, 2.75) is 0 Å². The second kappa shape index (κ2) is 4.55. The fraction of sp³-hybridized carbons (Fsp3) is 0.167. The molecule has 0 spiro atoms. The molecular formula is C6H8NO3. The standard InChI is InChI=1S/C6H8NO3/c1-3-4-10-6(9)7-5(2)8/h3H,1-2,4H2,(H,7,8,9). The summed E-state index contributed by atoms with van der Waals surface area (Å²) in [5.41, 5.74) is 0. The lowest BCUT2D eigenvalue weighted by atomic mass is 10.7. The molecule has 0 aliphatic rings. The van der Waals surface area contributed by atoms with Crippen molar-refractivity contribution in [3.63, 3.8) is 0 Å². The number of carbonyl (C=O) groups excluding carboxylic acids is 2. The summed E-state index contributed by atoms with van der Waals surface area (Å²) in [6.07, 6.45) is 0.590. The molecule has 0 aliphatic heterocycles. The third-order valence-corrected chi connectivity index (χ3v) is 0.574. The molecule has 0 rings (SSSR count). The summed E-state index contributed by atoms with van der Waals surface area (Å²) >= 11 is 0. The van der Waals surface area contributed by atoms with Crippen molar-refractivity contribution < 1.29 is 14.3 Å². The van der Waals surface area contributed by atoms with Crippen molar-refractivity contribution in [2.75, 3.05) is 6.61 Å². The van der Waals surface area contributed by atoms with E-state index in [9.17, 15) is 9.59 Å². The summed E-state index contributed by atoms with van der Waals surface area (Å²) in [6.45, 7) is 6.30. The van der Waals surface area contributed by atoms with Crippen LogP contribution in [0.5, 0.6) is 0 Å². The molecule has 1 N–H and O–H groups in total. The molecule has 1 radical (unpaired) electrons. The minimum atomic E-state index is -0.806. The Balaban J connectivity index is 3.43. The quantitative estimate of drug-likeness (QED) is 0.562. The van der Waals surface area contributed by atoms with Gasteiger partial charge < -0.3 is 4.74 Å². The molecule has 0 atom stereocenters. The number of rotatable bonds is 2. The van der Waals surface area contributed by atoms with Gasteiger partial charge in [0, 0.05) is 6.92 Å². The van der Waals surface area contributed by atoms with Crippen LogP contribution in [-0.4, -0.2) is 18.6 Å². The third kappa shape index (κ3) is 4.83. The molecule has 0 unspecified atom stereocenters. The first-order valence-corrected chi connectivity index (χ1v) is 2.57. The van der Waals surface area contributed by atoms with Crippen molar-refractivity contribution in [2.24, 2.45) is 0 Å². The monoisotopic (exact) mass is 142 g/mol. The SMILES string of the molecule is [CH2]C(=O)NC(=O)OCC=C. The molecule has 0 bridgehead atoms. The van der Waals surface area contributed by atoms with Gasteiger partial charge in [0.2, 0.25) is 5.91 Å². The average molecular weight is 142 g/mol. The van der Waals surface area contributed by atoms with E-state index in [0.717, 1.165) is 0 Å². The van der Waals surface area contributed by atoms with E-state index in [1.54, 1.807) is 0 Å². The Morgan fingerprint density at radius 3 is 2.60 bits per heavy atom. The average Bonchev–Trinajstić information content (AvgIpc) is 1.82. The van der Waals surface area contributed by atoms with Crippen LogP contribution in [0.4, 0.5) is 4.79 Å². The first kappa shape index (κ1) is 8.68. The predicted octanol–water partition coefficient (Wildman–Crippen LogP) is 0.259. The highest BCUT2D eigenvalue weighted by Crippen LogP contribution is 1.76. The number of nitrogens with one attached hydrogen (secondary N) is 1. The molecule has 0 fully saturated rings. The Morgan fingerprint density at radius 2 is 2.20 bits per heavy atom. The van der Waals surface area contributed by atoms with Crippen LogP contribution in [0, 0.1) is 6.92 Å². The summed E-state index contributed by atoms with van der Waals surface area (Å²) in [7, 11) is 0. The maximum absolute atomic E-state index is 10.4. The van der Waals surface area contributed by atoms with Gasteiger partial charge >= 0.3 is 6.09 Å². The van der Waals surface area contributed by atoms with Gasteiger partial charge in [0.25, 0.3) is 0 Å². The van der Waals surface area contributed by atoms with Crippen molar-refractivity contribution in [1.82, 2.24) is 5.32 Å². The highest BCUT2D eigenvalue weighted by Gasteiger charge is 2.00. The molecule has 0 saturated carbocycles. The summed E-state index contributed by atoms with van der Waals surface area (Å²) < 4.78 is 4.37. The number of carbonyl (C=O) groups is 2.